The van der Waals surface area contributed by atoms with E-state index in [1.54, 1.807) is 31.3 Å². The Bertz CT molecular complexity index is 828. The van der Waals surface area contributed by atoms with Crippen molar-refractivity contribution in [2.24, 2.45) is 0 Å². The summed E-state index contributed by atoms with van der Waals surface area (Å²) in [7, 11) is 0. The fraction of sp³-hybridized carbons (Fsp3) is 0.111. The Labute approximate surface area is 128 Å². The number of esters is 1. The van der Waals surface area contributed by atoms with Gasteiger partial charge in [-0.15, -0.1) is 0 Å². The summed E-state index contributed by atoms with van der Waals surface area (Å²) in [4.78, 5) is 16.5. The second-order valence-corrected chi connectivity index (χ2v) is 5.05. The maximum atomic E-state index is 12.4. The molecule has 0 saturated heterocycles. The lowest BCUT2D eigenvalue weighted by Crippen LogP contribution is -2.07. The number of rotatable bonds is 3. The molecule has 3 aromatic rings. The fourth-order valence-corrected chi connectivity index (χ4v) is 2.33. The molecule has 2 aromatic carbocycles. The van der Waals surface area contributed by atoms with Crippen LogP contribution in [0.1, 0.15) is 21.5 Å². The Hall–Kier alpha value is -2.88. The molecule has 0 unspecified atom stereocenters. The summed E-state index contributed by atoms with van der Waals surface area (Å²) in [6.45, 7) is 1.94. The second kappa shape index (κ2) is 5.85. The van der Waals surface area contributed by atoms with Crippen LogP contribution < -0.4 is 0 Å². The van der Waals surface area contributed by atoms with Crippen molar-refractivity contribution < 1.29 is 14.6 Å². The van der Waals surface area contributed by atoms with E-state index in [4.69, 9.17) is 4.74 Å². The van der Waals surface area contributed by atoms with Gasteiger partial charge in [-0.2, -0.15) is 0 Å². The van der Waals surface area contributed by atoms with Gasteiger partial charge in [0.25, 0.3) is 0 Å². The molecule has 0 atom stereocenters. The number of hydrogen-bond donors (Lipinski definition) is 1. The molecule has 1 aromatic heterocycles. The molecule has 4 nitrogen and oxygen atoms in total. The van der Waals surface area contributed by atoms with E-state index >= 15 is 0 Å². The molecule has 0 bridgehead atoms. The zero-order chi connectivity index (χ0) is 15.5. The normalized spacial score (nSPS) is 10.6. The number of fused-ring (bicyclic) bond motifs is 1. The lowest BCUT2D eigenvalue weighted by atomic mass is 10.0. The van der Waals surface area contributed by atoms with Crippen LogP contribution in [0.25, 0.3) is 10.9 Å². The van der Waals surface area contributed by atoms with Gasteiger partial charge in [0.1, 0.15) is 17.9 Å². The highest BCUT2D eigenvalue weighted by molar-refractivity contribution is 6.05. The highest BCUT2D eigenvalue weighted by Gasteiger charge is 2.16. The number of benzene rings is 2. The number of pyridine rings is 1. The number of ether oxygens (including phenoxy) is 1. The Kier molecular flexibility index (Phi) is 3.74. The van der Waals surface area contributed by atoms with E-state index < -0.39 is 5.97 Å². The molecule has 0 radical (unpaired) electrons. The van der Waals surface area contributed by atoms with Crippen molar-refractivity contribution in [3.05, 3.63) is 71.4 Å². The highest BCUT2D eigenvalue weighted by Crippen LogP contribution is 2.30. The summed E-state index contributed by atoms with van der Waals surface area (Å²) < 4.78 is 5.37. The molecule has 0 spiro atoms. The minimum atomic E-state index is -0.426. The second-order valence-electron chi connectivity index (χ2n) is 5.05. The standard InChI is InChI=1S/C18H15NO3/c1-12-10-15(14-8-5-9-19-16(14)17(12)20)18(21)22-11-13-6-3-2-4-7-13/h2-10,20H,11H2,1H3. The van der Waals surface area contributed by atoms with E-state index in [1.807, 2.05) is 30.3 Å². The topological polar surface area (TPSA) is 59.4 Å². The predicted octanol–water partition coefficient (Wildman–Crippen LogP) is 3.61. The first-order valence-electron chi connectivity index (χ1n) is 6.95. The van der Waals surface area contributed by atoms with Gasteiger partial charge in [-0.25, -0.2) is 4.79 Å². The molecule has 22 heavy (non-hydrogen) atoms. The summed E-state index contributed by atoms with van der Waals surface area (Å²) in [6.07, 6.45) is 1.58. The van der Waals surface area contributed by atoms with E-state index in [0.29, 0.717) is 22.0 Å². The first kappa shape index (κ1) is 14.1. The maximum Gasteiger partial charge on any atom is 0.339 e. The van der Waals surface area contributed by atoms with Crippen LogP contribution in [0.3, 0.4) is 0 Å². The average molecular weight is 293 g/mol. The van der Waals surface area contributed by atoms with Crippen molar-refractivity contribution in [2.45, 2.75) is 13.5 Å². The predicted molar refractivity (Wildman–Crippen MR) is 83.7 cm³/mol. The Balaban J connectivity index is 1.93. The van der Waals surface area contributed by atoms with Crippen LogP contribution in [-0.4, -0.2) is 16.1 Å². The number of aromatic nitrogens is 1. The van der Waals surface area contributed by atoms with Crippen LogP contribution in [0.15, 0.2) is 54.7 Å². The van der Waals surface area contributed by atoms with Gasteiger partial charge in [-0.3, -0.25) is 4.98 Å². The average Bonchev–Trinajstić information content (AvgIpc) is 2.57. The van der Waals surface area contributed by atoms with Gasteiger partial charge >= 0.3 is 5.97 Å². The maximum absolute atomic E-state index is 12.4. The first-order valence-corrected chi connectivity index (χ1v) is 6.95. The Morgan fingerprint density at radius 2 is 1.95 bits per heavy atom. The molecule has 0 aliphatic carbocycles. The number of hydrogen-bond acceptors (Lipinski definition) is 4. The van der Waals surface area contributed by atoms with Crippen LogP contribution in [0.4, 0.5) is 0 Å². The third kappa shape index (κ3) is 2.63. The number of carbonyl (C=O) groups is 1. The quantitative estimate of drug-likeness (QED) is 0.749. The van der Waals surface area contributed by atoms with Gasteiger partial charge < -0.3 is 9.84 Å². The van der Waals surface area contributed by atoms with Crippen LogP contribution in [-0.2, 0) is 11.3 Å². The summed E-state index contributed by atoms with van der Waals surface area (Å²) in [5, 5.41) is 10.6. The molecule has 110 valence electrons. The lowest BCUT2D eigenvalue weighted by molar-refractivity contribution is 0.0475. The van der Waals surface area contributed by atoms with E-state index in [0.717, 1.165) is 5.56 Å². The molecular formula is C18H15NO3. The van der Waals surface area contributed by atoms with Gasteiger partial charge in [-0.05, 0) is 30.2 Å². The number of aryl methyl sites for hydroxylation is 1. The number of aromatic hydroxyl groups is 1. The monoisotopic (exact) mass is 293 g/mol. The Morgan fingerprint density at radius 1 is 1.18 bits per heavy atom. The van der Waals surface area contributed by atoms with Gasteiger partial charge in [0.05, 0.1) is 5.56 Å². The fourth-order valence-electron chi connectivity index (χ4n) is 2.33. The number of carbonyl (C=O) groups excluding carboxylic acids is 1. The number of phenolic OH excluding ortho intramolecular Hbond substituents is 1. The van der Waals surface area contributed by atoms with Crippen LogP contribution >= 0.6 is 0 Å². The van der Waals surface area contributed by atoms with Gasteiger partial charge in [0, 0.05) is 11.6 Å². The van der Waals surface area contributed by atoms with Gasteiger partial charge in [-0.1, -0.05) is 36.4 Å². The smallest absolute Gasteiger partial charge is 0.339 e. The molecule has 0 saturated carbocycles. The van der Waals surface area contributed by atoms with Crippen molar-refractivity contribution in [2.75, 3.05) is 0 Å². The van der Waals surface area contributed by atoms with Crippen molar-refractivity contribution in [1.29, 1.82) is 0 Å². The Morgan fingerprint density at radius 3 is 2.73 bits per heavy atom. The first-order chi connectivity index (χ1) is 10.7. The van der Waals surface area contributed by atoms with E-state index in [1.165, 1.54) is 0 Å². The van der Waals surface area contributed by atoms with Crippen LogP contribution in [0.2, 0.25) is 0 Å². The molecule has 0 fully saturated rings. The van der Waals surface area contributed by atoms with E-state index in [-0.39, 0.29) is 12.4 Å². The summed E-state index contributed by atoms with van der Waals surface area (Å²) >= 11 is 0. The molecule has 0 aliphatic rings. The number of phenols is 1. The van der Waals surface area contributed by atoms with Crippen LogP contribution in [0, 0.1) is 6.92 Å². The molecular weight excluding hydrogens is 278 g/mol. The molecule has 4 heteroatoms. The summed E-state index contributed by atoms with van der Waals surface area (Å²) in [6, 6.07) is 14.6. The SMILES string of the molecule is Cc1cc(C(=O)OCc2ccccc2)c2cccnc2c1O. The third-order valence-corrected chi connectivity index (χ3v) is 3.49. The van der Waals surface area contributed by atoms with Gasteiger partial charge in [0.2, 0.25) is 0 Å². The lowest BCUT2D eigenvalue weighted by Gasteiger charge is -2.10. The molecule has 0 aliphatic heterocycles. The van der Waals surface area contributed by atoms with E-state index in [9.17, 15) is 9.90 Å². The van der Waals surface area contributed by atoms with Crippen molar-refractivity contribution in [3.63, 3.8) is 0 Å². The number of nitrogens with zero attached hydrogens (tertiary/aromatic N) is 1. The van der Waals surface area contributed by atoms with Crippen molar-refractivity contribution in [3.8, 4) is 5.75 Å². The zero-order valence-corrected chi connectivity index (χ0v) is 12.1. The van der Waals surface area contributed by atoms with Gasteiger partial charge in [0.15, 0.2) is 0 Å². The minimum absolute atomic E-state index is 0.0928. The molecule has 1 N–H and O–H groups in total. The molecule has 0 amide bonds. The van der Waals surface area contributed by atoms with E-state index in [2.05, 4.69) is 4.98 Å². The molecule has 3 rings (SSSR count). The van der Waals surface area contributed by atoms with Crippen LogP contribution in [0.5, 0.6) is 5.75 Å². The zero-order valence-electron chi connectivity index (χ0n) is 12.1. The minimum Gasteiger partial charge on any atom is -0.505 e. The largest absolute Gasteiger partial charge is 0.505 e. The third-order valence-electron chi connectivity index (χ3n) is 3.49. The summed E-state index contributed by atoms with van der Waals surface area (Å²) in [5.41, 5.74) is 2.34. The van der Waals surface area contributed by atoms with Crippen molar-refractivity contribution >= 4 is 16.9 Å². The van der Waals surface area contributed by atoms with Crippen molar-refractivity contribution in [1.82, 2.24) is 4.98 Å². The molecule has 1 heterocycles. The highest BCUT2D eigenvalue weighted by atomic mass is 16.5. The summed E-state index contributed by atoms with van der Waals surface area (Å²) in [5.74, 6) is -0.333.